The molecule has 3 heterocycles. The zero-order chi connectivity index (χ0) is 20.6. The summed E-state index contributed by atoms with van der Waals surface area (Å²) in [5, 5.41) is 16.3. The first-order valence-electron chi connectivity index (χ1n) is 10.3. The summed E-state index contributed by atoms with van der Waals surface area (Å²) in [5.41, 5.74) is 8.53. The molecule has 3 aromatic rings. The number of ether oxygens (including phenoxy) is 2. The molecule has 0 radical (unpaired) electrons. The maximum atomic E-state index is 11.9. The first-order chi connectivity index (χ1) is 13.9. The Hall–Kier alpha value is -2.41. The number of benzene rings is 1. The highest BCUT2D eigenvalue weighted by molar-refractivity contribution is 5.69. The minimum absolute atomic E-state index is 0.0159. The molecule has 1 aromatic carbocycles. The number of nitrogens with zero attached hydrogens (tertiary/aromatic N) is 2. The van der Waals surface area contributed by atoms with Crippen LogP contribution in [0.4, 0.5) is 5.69 Å². The monoisotopic (exact) mass is 395 g/mol. The van der Waals surface area contributed by atoms with Crippen molar-refractivity contribution in [1.29, 1.82) is 0 Å². The minimum atomic E-state index is -1.63. The molecule has 6 heteroatoms. The lowest BCUT2D eigenvalue weighted by atomic mass is 9.81. The van der Waals surface area contributed by atoms with E-state index in [1.807, 2.05) is 42.5 Å². The van der Waals surface area contributed by atoms with Gasteiger partial charge in [-0.2, -0.15) is 5.10 Å². The average molecular weight is 396 g/mol. The van der Waals surface area contributed by atoms with Crippen molar-refractivity contribution in [3.05, 3.63) is 66.0 Å². The maximum Gasteiger partial charge on any atom is 0.238 e. The number of hydrogen-bond acceptors (Lipinski definition) is 5. The molecule has 0 unspecified atom stereocenters. The molecule has 2 aromatic heterocycles. The van der Waals surface area contributed by atoms with Crippen molar-refractivity contribution < 1.29 is 14.6 Å². The van der Waals surface area contributed by atoms with Crippen LogP contribution in [0.2, 0.25) is 0 Å². The summed E-state index contributed by atoms with van der Waals surface area (Å²) in [4.78, 5) is 0. The van der Waals surface area contributed by atoms with Crippen LogP contribution >= 0.6 is 0 Å². The van der Waals surface area contributed by atoms with Crippen molar-refractivity contribution in [3.8, 4) is 0 Å². The molecular formula is C23H29N3O3. The fraction of sp³-hybridized carbons (Fsp3) is 0.435. The highest BCUT2D eigenvalue weighted by Crippen LogP contribution is 2.51. The molecule has 154 valence electrons. The van der Waals surface area contributed by atoms with E-state index in [9.17, 15) is 5.11 Å². The highest BCUT2D eigenvalue weighted by Gasteiger charge is 2.61. The van der Waals surface area contributed by atoms with E-state index >= 15 is 0 Å². The molecular weight excluding hydrogens is 366 g/mol. The van der Waals surface area contributed by atoms with Gasteiger partial charge in [-0.15, -0.1) is 0 Å². The number of hydrogen-bond donors (Lipinski definition) is 2. The Labute approximate surface area is 171 Å². The second kappa shape index (κ2) is 7.44. The zero-order valence-corrected chi connectivity index (χ0v) is 17.2. The van der Waals surface area contributed by atoms with E-state index in [1.54, 1.807) is 16.8 Å². The van der Waals surface area contributed by atoms with Crippen LogP contribution in [0.15, 0.2) is 54.7 Å². The van der Waals surface area contributed by atoms with Crippen LogP contribution in [-0.2, 0) is 21.9 Å². The van der Waals surface area contributed by atoms with Crippen molar-refractivity contribution in [2.24, 2.45) is 5.92 Å². The van der Waals surface area contributed by atoms with Gasteiger partial charge in [0.15, 0.2) is 0 Å². The number of nitrogens with two attached hydrogens (primary N) is 1. The first kappa shape index (κ1) is 19.9. The van der Waals surface area contributed by atoms with Crippen LogP contribution < -0.4 is 5.73 Å². The molecule has 0 aliphatic carbocycles. The van der Waals surface area contributed by atoms with Crippen molar-refractivity contribution in [2.75, 3.05) is 5.73 Å². The molecule has 1 fully saturated rings. The Morgan fingerprint density at radius 2 is 1.86 bits per heavy atom. The number of nitrogen functional groups attached to an aromatic ring is 1. The van der Waals surface area contributed by atoms with Gasteiger partial charge in [-0.3, -0.25) is 0 Å². The van der Waals surface area contributed by atoms with Gasteiger partial charge in [0.05, 0.1) is 23.4 Å². The number of anilines is 1. The van der Waals surface area contributed by atoms with E-state index in [1.165, 1.54) is 0 Å². The fourth-order valence-corrected chi connectivity index (χ4v) is 4.64. The van der Waals surface area contributed by atoms with Gasteiger partial charge >= 0.3 is 0 Å². The summed E-state index contributed by atoms with van der Waals surface area (Å²) < 4.78 is 14.5. The second-order valence-electron chi connectivity index (χ2n) is 7.88. The predicted molar refractivity (Wildman–Crippen MR) is 112 cm³/mol. The predicted octanol–water partition coefficient (Wildman–Crippen LogP) is 3.87. The normalized spacial score (nSPS) is 26.2. The SMILES string of the molecule is CCC1(CC)O[C@@](O)(c2ccc3c(N)ccnn23)[C@H](OCc2ccccc2)[C@@H]1C. The summed E-state index contributed by atoms with van der Waals surface area (Å²) >= 11 is 0. The molecule has 0 saturated carbocycles. The lowest BCUT2D eigenvalue weighted by Gasteiger charge is -2.32. The number of fused-ring (bicyclic) bond motifs is 1. The van der Waals surface area contributed by atoms with E-state index in [4.69, 9.17) is 15.2 Å². The zero-order valence-electron chi connectivity index (χ0n) is 17.2. The third-order valence-electron chi connectivity index (χ3n) is 6.45. The summed E-state index contributed by atoms with van der Waals surface area (Å²) in [6, 6.07) is 15.4. The van der Waals surface area contributed by atoms with E-state index in [0.29, 0.717) is 18.0 Å². The van der Waals surface area contributed by atoms with Crippen molar-refractivity contribution in [2.45, 2.75) is 57.7 Å². The summed E-state index contributed by atoms with van der Waals surface area (Å²) in [7, 11) is 0. The lowest BCUT2D eigenvalue weighted by Crippen LogP contribution is -2.41. The van der Waals surface area contributed by atoms with Gasteiger partial charge in [0.1, 0.15) is 11.8 Å². The van der Waals surface area contributed by atoms with Gasteiger partial charge in [0.2, 0.25) is 5.79 Å². The molecule has 29 heavy (non-hydrogen) atoms. The Bertz CT molecular complexity index is 983. The average Bonchev–Trinajstić information content (AvgIpc) is 3.27. The van der Waals surface area contributed by atoms with Crippen LogP contribution in [0, 0.1) is 5.92 Å². The van der Waals surface area contributed by atoms with Crippen LogP contribution in [0.25, 0.3) is 5.52 Å². The third-order valence-corrected chi connectivity index (χ3v) is 6.45. The molecule has 1 aliphatic rings. The molecule has 3 atom stereocenters. The third kappa shape index (κ3) is 3.12. The minimum Gasteiger partial charge on any atom is -0.397 e. The number of aromatic nitrogens is 2. The van der Waals surface area contributed by atoms with Crippen LogP contribution in [0.1, 0.15) is 44.9 Å². The van der Waals surface area contributed by atoms with E-state index in [0.717, 1.165) is 23.9 Å². The van der Waals surface area contributed by atoms with Crippen LogP contribution in [0.3, 0.4) is 0 Å². The summed E-state index contributed by atoms with van der Waals surface area (Å²) in [6.07, 6.45) is 2.62. The Balaban J connectivity index is 1.77. The molecule has 3 N–H and O–H groups in total. The molecule has 4 rings (SSSR count). The lowest BCUT2D eigenvalue weighted by molar-refractivity contribution is -0.270. The molecule has 1 aliphatic heterocycles. The van der Waals surface area contributed by atoms with Gasteiger partial charge in [0, 0.05) is 12.1 Å². The summed E-state index contributed by atoms with van der Waals surface area (Å²) in [6.45, 7) is 6.67. The molecule has 0 amide bonds. The van der Waals surface area contributed by atoms with E-state index in [2.05, 4.69) is 25.9 Å². The van der Waals surface area contributed by atoms with Gasteiger partial charge in [-0.25, -0.2) is 4.52 Å². The fourth-order valence-electron chi connectivity index (χ4n) is 4.64. The van der Waals surface area contributed by atoms with E-state index < -0.39 is 17.5 Å². The van der Waals surface area contributed by atoms with Crippen LogP contribution in [-0.4, -0.2) is 26.4 Å². The van der Waals surface area contributed by atoms with E-state index in [-0.39, 0.29) is 5.92 Å². The molecule has 1 saturated heterocycles. The van der Waals surface area contributed by atoms with Gasteiger partial charge in [-0.05, 0) is 36.6 Å². The van der Waals surface area contributed by atoms with Crippen LogP contribution in [0.5, 0.6) is 0 Å². The maximum absolute atomic E-state index is 11.9. The quantitative estimate of drug-likeness (QED) is 0.662. The number of rotatable bonds is 6. The molecule has 0 spiro atoms. The standard InChI is InChI=1S/C23H29N3O3/c1-4-22(5-2)16(3)21(28-15-17-9-7-6-8-10-17)23(27,29-22)20-12-11-19-18(24)13-14-25-26(19)20/h6-14,16,21,27H,4-5,15,24H2,1-3H3/t16-,21+,23-/m0/s1. The first-order valence-corrected chi connectivity index (χ1v) is 10.3. The largest absolute Gasteiger partial charge is 0.397 e. The Morgan fingerprint density at radius 3 is 2.55 bits per heavy atom. The second-order valence-corrected chi connectivity index (χ2v) is 7.88. The van der Waals surface area contributed by atoms with Gasteiger partial charge < -0.3 is 20.3 Å². The Kier molecular flexibility index (Phi) is 5.11. The van der Waals surface area contributed by atoms with Gasteiger partial charge in [-0.1, -0.05) is 51.1 Å². The van der Waals surface area contributed by atoms with Crippen molar-refractivity contribution in [3.63, 3.8) is 0 Å². The molecule has 6 nitrogen and oxygen atoms in total. The summed E-state index contributed by atoms with van der Waals surface area (Å²) in [5.74, 6) is -1.65. The van der Waals surface area contributed by atoms with Crippen molar-refractivity contribution >= 4 is 11.2 Å². The smallest absolute Gasteiger partial charge is 0.238 e. The highest BCUT2D eigenvalue weighted by atomic mass is 16.7. The Morgan fingerprint density at radius 1 is 1.14 bits per heavy atom. The number of aliphatic hydroxyl groups is 1. The molecule has 0 bridgehead atoms. The van der Waals surface area contributed by atoms with Crippen molar-refractivity contribution in [1.82, 2.24) is 9.61 Å². The van der Waals surface area contributed by atoms with Gasteiger partial charge in [0.25, 0.3) is 0 Å². The topological polar surface area (TPSA) is 82.0 Å².